The highest BCUT2D eigenvalue weighted by atomic mass is 127. The second kappa shape index (κ2) is 7.21. The Kier molecular flexibility index (Phi) is 5.28. The van der Waals surface area contributed by atoms with Crippen LogP contribution in [0.2, 0.25) is 10.0 Å². The average molecular weight is 463 g/mol. The molecule has 7 heteroatoms. The first kappa shape index (κ1) is 16.1. The van der Waals surface area contributed by atoms with Crippen molar-refractivity contribution in [3.63, 3.8) is 0 Å². The zero-order valence-corrected chi connectivity index (χ0v) is 15.6. The van der Waals surface area contributed by atoms with Crippen LogP contribution in [0.1, 0.15) is 5.56 Å². The molecule has 3 aromatic rings. The normalized spacial score (nSPS) is 10.9. The Balaban J connectivity index is 1.72. The summed E-state index contributed by atoms with van der Waals surface area (Å²) in [6.07, 6.45) is 0. The van der Waals surface area contributed by atoms with Gasteiger partial charge in [-0.05, 0) is 58.5 Å². The van der Waals surface area contributed by atoms with Gasteiger partial charge in [-0.1, -0.05) is 47.1 Å². The molecular weight excluding hydrogens is 454 g/mol. The molecule has 3 nitrogen and oxygen atoms in total. The van der Waals surface area contributed by atoms with Gasteiger partial charge in [-0.15, -0.1) is 10.2 Å². The van der Waals surface area contributed by atoms with Gasteiger partial charge in [0.2, 0.25) is 5.89 Å². The molecule has 0 amide bonds. The average Bonchev–Trinajstić information content (AvgIpc) is 2.95. The van der Waals surface area contributed by atoms with Crippen LogP contribution in [-0.2, 0) is 5.75 Å². The molecule has 3 rings (SSSR count). The Bertz CT molecular complexity index is 792. The van der Waals surface area contributed by atoms with Gasteiger partial charge in [-0.3, -0.25) is 0 Å². The van der Waals surface area contributed by atoms with Gasteiger partial charge in [-0.25, -0.2) is 0 Å². The Morgan fingerprint density at radius 2 is 1.82 bits per heavy atom. The maximum Gasteiger partial charge on any atom is 0.277 e. The second-order valence-corrected chi connectivity index (χ2v) is 7.43. The van der Waals surface area contributed by atoms with E-state index in [1.54, 1.807) is 18.2 Å². The predicted octanol–water partition coefficient (Wildman–Crippen LogP) is 5.94. The van der Waals surface area contributed by atoms with Gasteiger partial charge in [0.05, 0.1) is 10.6 Å². The summed E-state index contributed by atoms with van der Waals surface area (Å²) in [6, 6.07) is 13.5. The van der Waals surface area contributed by atoms with E-state index in [4.69, 9.17) is 27.6 Å². The van der Waals surface area contributed by atoms with E-state index >= 15 is 0 Å². The van der Waals surface area contributed by atoms with Crippen molar-refractivity contribution in [3.05, 3.63) is 61.6 Å². The smallest absolute Gasteiger partial charge is 0.277 e. The molecule has 0 aliphatic carbocycles. The zero-order valence-electron chi connectivity index (χ0n) is 11.1. The van der Waals surface area contributed by atoms with Crippen LogP contribution >= 0.6 is 57.6 Å². The molecule has 0 atom stereocenters. The highest BCUT2D eigenvalue weighted by Gasteiger charge is 2.12. The number of hydrogen-bond donors (Lipinski definition) is 0. The fraction of sp³-hybridized carbons (Fsp3) is 0.0667. The second-order valence-electron chi connectivity index (χ2n) is 4.41. The molecule has 1 aromatic heterocycles. The number of halogens is 3. The van der Waals surface area contributed by atoms with Crippen molar-refractivity contribution < 1.29 is 4.42 Å². The summed E-state index contributed by atoms with van der Waals surface area (Å²) in [6.45, 7) is 0. The lowest BCUT2D eigenvalue weighted by Gasteiger charge is -1.99. The summed E-state index contributed by atoms with van der Waals surface area (Å²) >= 11 is 15.8. The Labute approximate surface area is 155 Å². The zero-order chi connectivity index (χ0) is 15.5. The van der Waals surface area contributed by atoms with Gasteiger partial charge in [0, 0.05) is 14.3 Å². The minimum atomic E-state index is 0.395. The van der Waals surface area contributed by atoms with Crippen LogP contribution in [0.5, 0.6) is 0 Å². The van der Waals surface area contributed by atoms with Crippen LogP contribution in [0.15, 0.2) is 52.1 Å². The van der Waals surface area contributed by atoms with Crippen molar-refractivity contribution in [2.24, 2.45) is 0 Å². The molecule has 0 N–H and O–H groups in total. The van der Waals surface area contributed by atoms with Crippen LogP contribution in [0.4, 0.5) is 0 Å². The lowest BCUT2D eigenvalue weighted by molar-refractivity contribution is 0.466. The van der Waals surface area contributed by atoms with E-state index in [0.29, 0.717) is 26.7 Å². The fourth-order valence-electron chi connectivity index (χ4n) is 1.77. The van der Waals surface area contributed by atoms with Crippen molar-refractivity contribution in [1.29, 1.82) is 0 Å². The maximum absolute atomic E-state index is 6.14. The molecule has 0 saturated carbocycles. The van der Waals surface area contributed by atoms with Gasteiger partial charge in [0.25, 0.3) is 5.22 Å². The number of hydrogen-bond acceptors (Lipinski definition) is 4. The molecule has 0 radical (unpaired) electrons. The van der Waals surface area contributed by atoms with E-state index in [0.717, 1.165) is 5.75 Å². The number of nitrogens with zero attached hydrogens (tertiary/aromatic N) is 2. The van der Waals surface area contributed by atoms with Gasteiger partial charge < -0.3 is 4.42 Å². The standard InChI is InChI=1S/C15H9Cl2IN2OS/c16-10-3-6-12(13(17)7-10)14-19-20-15(21-14)22-8-9-1-4-11(18)5-2-9/h1-7H,8H2. The number of thioether (sulfide) groups is 1. The highest BCUT2D eigenvalue weighted by Crippen LogP contribution is 2.31. The molecule has 0 spiro atoms. The first-order valence-corrected chi connectivity index (χ1v) is 9.10. The fourth-order valence-corrected chi connectivity index (χ4v) is 3.33. The summed E-state index contributed by atoms with van der Waals surface area (Å²) in [5.74, 6) is 1.17. The van der Waals surface area contributed by atoms with E-state index in [2.05, 4.69) is 57.1 Å². The van der Waals surface area contributed by atoms with E-state index < -0.39 is 0 Å². The van der Waals surface area contributed by atoms with Crippen molar-refractivity contribution in [2.75, 3.05) is 0 Å². The summed E-state index contributed by atoms with van der Waals surface area (Å²) in [7, 11) is 0. The van der Waals surface area contributed by atoms with Gasteiger partial charge in [0.1, 0.15) is 0 Å². The Hall–Kier alpha value is -0.760. The van der Waals surface area contributed by atoms with Crippen molar-refractivity contribution in [3.8, 4) is 11.5 Å². The van der Waals surface area contributed by atoms with E-state index in [1.807, 2.05) is 0 Å². The minimum Gasteiger partial charge on any atom is -0.411 e. The lowest BCUT2D eigenvalue weighted by Crippen LogP contribution is -1.81. The molecule has 0 fully saturated rings. The monoisotopic (exact) mass is 462 g/mol. The quantitative estimate of drug-likeness (QED) is 0.355. The summed E-state index contributed by atoms with van der Waals surface area (Å²) < 4.78 is 6.86. The number of aromatic nitrogens is 2. The third-order valence-corrected chi connectivity index (χ3v) is 5.00. The van der Waals surface area contributed by atoms with Crippen LogP contribution < -0.4 is 0 Å². The molecule has 112 valence electrons. The van der Waals surface area contributed by atoms with Crippen molar-refractivity contribution in [2.45, 2.75) is 11.0 Å². The third kappa shape index (κ3) is 3.95. The molecular formula is C15H9Cl2IN2OS. The minimum absolute atomic E-state index is 0.395. The summed E-state index contributed by atoms with van der Waals surface area (Å²) in [4.78, 5) is 0. The largest absolute Gasteiger partial charge is 0.411 e. The van der Waals surface area contributed by atoms with Crippen molar-refractivity contribution >= 4 is 57.6 Å². The molecule has 2 aromatic carbocycles. The molecule has 1 heterocycles. The maximum atomic E-state index is 6.14. The molecule has 0 aliphatic heterocycles. The summed E-state index contributed by atoms with van der Waals surface area (Å²) in [5, 5.41) is 9.65. The molecule has 0 saturated heterocycles. The molecule has 0 aliphatic rings. The lowest BCUT2D eigenvalue weighted by atomic mass is 10.2. The predicted molar refractivity (Wildman–Crippen MR) is 98.5 cm³/mol. The van der Waals surface area contributed by atoms with Crippen LogP contribution in [0, 0.1) is 3.57 Å². The van der Waals surface area contributed by atoms with Gasteiger partial charge >= 0.3 is 0 Å². The third-order valence-electron chi connectivity index (χ3n) is 2.84. The molecule has 0 unspecified atom stereocenters. The van der Waals surface area contributed by atoms with Gasteiger partial charge in [-0.2, -0.15) is 0 Å². The molecule has 0 bridgehead atoms. The number of rotatable bonds is 4. The molecule has 22 heavy (non-hydrogen) atoms. The van der Waals surface area contributed by atoms with E-state index in [1.165, 1.54) is 20.9 Å². The highest BCUT2D eigenvalue weighted by molar-refractivity contribution is 14.1. The Morgan fingerprint density at radius 1 is 1.05 bits per heavy atom. The first-order chi connectivity index (χ1) is 10.6. The van der Waals surface area contributed by atoms with Crippen LogP contribution in [0.3, 0.4) is 0 Å². The van der Waals surface area contributed by atoms with Crippen LogP contribution in [-0.4, -0.2) is 10.2 Å². The first-order valence-electron chi connectivity index (χ1n) is 6.28. The van der Waals surface area contributed by atoms with Crippen molar-refractivity contribution in [1.82, 2.24) is 10.2 Å². The Morgan fingerprint density at radius 3 is 2.55 bits per heavy atom. The van der Waals surface area contributed by atoms with Gasteiger partial charge in [0.15, 0.2) is 0 Å². The van der Waals surface area contributed by atoms with E-state index in [-0.39, 0.29) is 0 Å². The van der Waals surface area contributed by atoms with E-state index in [9.17, 15) is 0 Å². The van der Waals surface area contributed by atoms with Crippen LogP contribution in [0.25, 0.3) is 11.5 Å². The topological polar surface area (TPSA) is 38.9 Å². The number of benzene rings is 2. The summed E-state index contributed by atoms with van der Waals surface area (Å²) in [5.41, 5.74) is 1.88. The SMILES string of the molecule is Clc1ccc(-c2nnc(SCc3ccc(I)cc3)o2)c(Cl)c1.